The minimum absolute atomic E-state index is 0.0511. The zero-order valence-corrected chi connectivity index (χ0v) is 73.8. The Morgan fingerprint density at radius 2 is 0.548 bits per heavy atom. The van der Waals surface area contributed by atoms with Gasteiger partial charge in [0.25, 0.3) is 35.4 Å². The molecule has 0 saturated heterocycles. The summed E-state index contributed by atoms with van der Waals surface area (Å²) in [6.45, 7) is 3.49. The number of aryl methyl sites for hydroxylation is 2. The predicted octanol–water partition coefficient (Wildman–Crippen LogP) is 23.4. The maximum absolute atomic E-state index is 13.2. The van der Waals surface area contributed by atoms with Gasteiger partial charge in [-0.1, -0.05) is 156 Å². The smallest absolute Gasteiger partial charge is 0.307 e. The Morgan fingerprint density at radius 3 is 0.867 bits per heavy atom. The average Bonchev–Trinajstić information content (AvgIpc) is 0.796. The number of rotatable bonds is 18. The summed E-state index contributed by atoms with van der Waals surface area (Å²) in [5, 5.41) is 18.3. The molecule has 0 fully saturated rings. The highest BCUT2D eigenvalue weighted by Crippen LogP contribution is 2.38. The Morgan fingerprint density at radius 1 is 0.244 bits per heavy atom. The van der Waals surface area contributed by atoms with E-state index in [1.54, 1.807) is 167 Å². The van der Waals surface area contributed by atoms with Crippen LogP contribution < -0.4 is 31.9 Å². The van der Waals surface area contributed by atoms with Crippen molar-refractivity contribution in [2.75, 3.05) is 31.9 Å². The van der Waals surface area contributed by atoms with Crippen molar-refractivity contribution in [1.29, 1.82) is 0 Å². The average molecular weight is 1850 g/mol. The van der Waals surface area contributed by atoms with Gasteiger partial charge in [0.05, 0.1) is 38.9 Å². The lowest BCUT2D eigenvalue weighted by Gasteiger charge is -2.14. The summed E-state index contributed by atoms with van der Waals surface area (Å²) in [5.74, 6) is 1.71. The molecule has 0 bridgehead atoms. The van der Waals surface area contributed by atoms with E-state index in [-0.39, 0.29) is 40.9 Å². The van der Waals surface area contributed by atoms with Crippen LogP contribution in [0.3, 0.4) is 0 Å². The summed E-state index contributed by atoms with van der Waals surface area (Å²) < 4.78 is 39.7. The minimum atomic E-state index is -4.46. The molecule has 12 aromatic heterocycles. The van der Waals surface area contributed by atoms with Crippen LogP contribution in [-0.2, 0) is 6.18 Å². The first-order valence-corrected chi connectivity index (χ1v) is 42.2. The highest BCUT2D eigenvalue weighted by Gasteiger charge is 2.34. The Balaban J connectivity index is 0.000000137. The SMILES string of the molecule is Cc1ccc(C(F)(F)F)c(-c2ccc(NC(=O)c3cccnc3)nc2)c1.Cc1ncc(C(=O)Nc2ccc(-c3ccccc3)cn2)cn1.O=C(Nc1ccc(-c2ccc(Cl)cc2)cn1)c1cccnc1.O=C(Nc1ccc(-c2cccc(Cl)c2)cn1)c1cccnc1.O=C(Nc1ccc(-c2ccccc2)cn1)c1cccnc1.O=C(Nc1ccc(-c2ccccc2Cl)cn1)c1cccnc1. The fourth-order valence-electron chi connectivity index (χ4n) is 12.3. The summed E-state index contributed by atoms with van der Waals surface area (Å²) in [6, 6.07) is 84.6. The number of benzene rings is 6. The molecule has 6 amide bonds. The molecular weight excluding hydrogens is 1770 g/mol. The quantitative estimate of drug-likeness (QED) is 0.0465. The Hall–Kier alpha value is -17.5. The van der Waals surface area contributed by atoms with Crippen molar-refractivity contribution in [2.45, 2.75) is 20.0 Å². The number of hydrogen-bond acceptors (Lipinski definition) is 19. The third kappa shape index (κ3) is 28.8. The van der Waals surface area contributed by atoms with E-state index in [1.807, 2.05) is 164 Å². The van der Waals surface area contributed by atoms with Crippen molar-refractivity contribution >= 4 is 105 Å². The standard InChI is InChI=1S/C19H14F3N3O.3C17H12ClN3O.C17H14N4O.C17H13N3O/c1-12-4-6-16(19(20,21)22)15(9-12)13-5-7-17(24-11-13)25-18(26)14-3-2-8-23-10-14;18-15-5-1-3-12(9-15)13-6-7-16(20-11-13)21-17(22)14-4-2-8-19-10-14;18-15-6-3-12(4-7-15)13-5-8-16(20-11-13)21-17(22)14-2-1-9-19-10-14;18-15-6-2-1-5-14(15)12-7-8-16(20-11-12)21-17(22)13-4-3-9-19-10-13;1-12-18-10-15(11-19-12)17(22)21-16-8-7-14(9-20-16)13-5-3-2-4-6-13;21-17(15-7-4-10-18-11-15)20-16-9-8-14(12-19-16)13-5-2-1-3-6-13/h2-11H,1H3,(H,24,25,26);3*1-11H,(H,20,21,22);2-11H,1H3,(H,20,21,22);1-12H,(H,19,20,21). The van der Waals surface area contributed by atoms with Crippen LogP contribution in [0.25, 0.3) is 66.8 Å². The molecule has 0 radical (unpaired) electrons. The molecule has 666 valence electrons. The van der Waals surface area contributed by atoms with Gasteiger partial charge in [0.15, 0.2) is 0 Å². The number of pyridine rings is 11. The van der Waals surface area contributed by atoms with Crippen LogP contribution in [-0.4, -0.2) is 100 Å². The van der Waals surface area contributed by atoms with E-state index in [4.69, 9.17) is 34.8 Å². The number of carbonyl (C=O) groups is 6. The molecular formula is C104H77Cl3F3N19O6. The lowest BCUT2D eigenvalue weighted by molar-refractivity contribution is -0.137. The Labute approximate surface area is 787 Å². The Bertz CT molecular complexity index is 6950. The van der Waals surface area contributed by atoms with Crippen molar-refractivity contribution in [2.24, 2.45) is 0 Å². The second kappa shape index (κ2) is 47.7. The van der Waals surface area contributed by atoms with Gasteiger partial charge < -0.3 is 31.9 Å². The van der Waals surface area contributed by atoms with Crippen LogP contribution in [0, 0.1) is 13.8 Å². The van der Waals surface area contributed by atoms with Crippen LogP contribution >= 0.6 is 34.8 Å². The number of amides is 6. The van der Waals surface area contributed by atoms with Crippen molar-refractivity contribution in [1.82, 2.24) is 64.8 Å². The summed E-state index contributed by atoms with van der Waals surface area (Å²) in [5.41, 5.74) is 12.9. The molecule has 135 heavy (non-hydrogen) atoms. The summed E-state index contributed by atoms with van der Waals surface area (Å²) in [7, 11) is 0. The van der Waals surface area contributed by atoms with Gasteiger partial charge in [0, 0.05) is 166 Å². The highest BCUT2D eigenvalue weighted by atomic mass is 35.5. The van der Waals surface area contributed by atoms with Gasteiger partial charge in [-0.2, -0.15) is 13.2 Å². The van der Waals surface area contributed by atoms with E-state index >= 15 is 0 Å². The van der Waals surface area contributed by atoms with Gasteiger partial charge in [0.2, 0.25) is 0 Å². The number of alkyl halides is 3. The fourth-order valence-corrected chi connectivity index (χ4v) is 12.9. The topological polar surface area (TPSA) is 342 Å². The first kappa shape index (κ1) is 95.1. The molecule has 0 spiro atoms. The molecule has 0 aliphatic heterocycles. The molecule has 6 aromatic carbocycles. The van der Waals surface area contributed by atoms with Crippen molar-refractivity contribution in [3.8, 4) is 66.8 Å². The van der Waals surface area contributed by atoms with E-state index in [0.29, 0.717) is 94.5 Å². The number of nitrogens with one attached hydrogen (secondary N) is 6. The summed E-state index contributed by atoms with van der Waals surface area (Å²) in [4.78, 5) is 125. The molecule has 18 aromatic rings. The van der Waals surface area contributed by atoms with Gasteiger partial charge in [-0.15, -0.1) is 0 Å². The van der Waals surface area contributed by atoms with Crippen LogP contribution in [0.5, 0.6) is 0 Å². The molecule has 31 heteroatoms. The molecule has 12 heterocycles. The third-order valence-electron chi connectivity index (χ3n) is 19.2. The summed E-state index contributed by atoms with van der Waals surface area (Å²) >= 11 is 18.0. The van der Waals surface area contributed by atoms with Crippen molar-refractivity contribution < 1.29 is 41.9 Å². The molecule has 0 aliphatic carbocycles. The van der Waals surface area contributed by atoms with Gasteiger partial charge in [-0.25, -0.2) is 39.9 Å². The monoisotopic (exact) mass is 1850 g/mol. The molecule has 18 rings (SSSR count). The first-order chi connectivity index (χ1) is 65.6. The van der Waals surface area contributed by atoms with E-state index in [0.717, 1.165) is 61.7 Å². The van der Waals surface area contributed by atoms with Crippen molar-refractivity contribution in [3.63, 3.8) is 0 Å². The minimum Gasteiger partial charge on any atom is -0.307 e. The maximum Gasteiger partial charge on any atom is 0.417 e. The van der Waals surface area contributed by atoms with Gasteiger partial charge in [-0.05, 0) is 212 Å². The van der Waals surface area contributed by atoms with E-state index in [1.165, 1.54) is 73.8 Å². The lowest BCUT2D eigenvalue weighted by atomic mass is 9.98. The molecule has 0 unspecified atom stereocenters. The van der Waals surface area contributed by atoms with Crippen LogP contribution in [0.1, 0.15) is 79.1 Å². The second-order valence-corrected chi connectivity index (χ2v) is 30.1. The predicted molar refractivity (Wildman–Crippen MR) is 518 cm³/mol. The third-order valence-corrected chi connectivity index (χ3v) is 20.0. The zero-order valence-electron chi connectivity index (χ0n) is 71.6. The zero-order chi connectivity index (χ0) is 94.7. The fraction of sp³-hybridized carbons (Fsp3) is 0.0288. The lowest BCUT2D eigenvalue weighted by Crippen LogP contribution is -2.13. The normalized spacial score (nSPS) is 10.4. The molecule has 6 N–H and O–H groups in total. The number of nitrogens with zero attached hydrogens (tertiary/aromatic N) is 13. The highest BCUT2D eigenvalue weighted by molar-refractivity contribution is 6.33. The number of carbonyl (C=O) groups excluding carboxylic acids is 6. The molecule has 0 aliphatic rings. The van der Waals surface area contributed by atoms with E-state index < -0.39 is 17.6 Å². The van der Waals surface area contributed by atoms with Gasteiger partial charge >= 0.3 is 6.18 Å². The maximum atomic E-state index is 13.2. The number of halogens is 6. The second-order valence-electron chi connectivity index (χ2n) is 28.8. The largest absolute Gasteiger partial charge is 0.417 e. The summed E-state index contributed by atoms with van der Waals surface area (Å²) in [6.07, 6.45) is 23.9. The number of hydrogen-bond donors (Lipinski definition) is 6. The molecule has 0 atom stereocenters. The van der Waals surface area contributed by atoms with Crippen LogP contribution in [0.2, 0.25) is 15.1 Å². The van der Waals surface area contributed by atoms with Crippen molar-refractivity contribution in [3.05, 3.63) is 462 Å². The number of anilines is 6. The molecule has 0 saturated carbocycles. The first-order valence-electron chi connectivity index (χ1n) is 41.1. The van der Waals surface area contributed by atoms with Crippen LogP contribution in [0.4, 0.5) is 48.1 Å². The van der Waals surface area contributed by atoms with E-state index in [9.17, 15) is 41.9 Å². The van der Waals surface area contributed by atoms with Crippen LogP contribution in [0.15, 0.2) is 397 Å². The van der Waals surface area contributed by atoms with E-state index in [2.05, 4.69) is 96.7 Å². The van der Waals surface area contributed by atoms with Gasteiger partial charge in [0.1, 0.15) is 40.7 Å². The number of aromatic nitrogens is 13. The Kier molecular flexibility index (Phi) is 33.6. The molecule has 25 nitrogen and oxygen atoms in total. The van der Waals surface area contributed by atoms with Gasteiger partial charge in [-0.3, -0.25) is 53.7 Å².